The maximum atomic E-state index is 12.3. The van der Waals surface area contributed by atoms with Gasteiger partial charge in [0.2, 0.25) is 0 Å². The molecule has 0 saturated carbocycles. The van der Waals surface area contributed by atoms with Crippen molar-refractivity contribution < 1.29 is 9.59 Å². The fourth-order valence-electron chi connectivity index (χ4n) is 3.83. The minimum Gasteiger partial charge on any atom is -0.380 e. The van der Waals surface area contributed by atoms with Crippen LogP contribution in [0.5, 0.6) is 0 Å². The molecule has 0 spiro atoms. The second-order valence-electron chi connectivity index (χ2n) is 7.09. The zero-order chi connectivity index (χ0) is 19.7. The first-order valence-electron chi connectivity index (χ1n) is 9.35. The number of nitrogens with two attached hydrogens (primary N) is 1. The van der Waals surface area contributed by atoms with E-state index in [2.05, 4.69) is 14.9 Å². The lowest BCUT2D eigenvalue weighted by Crippen LogP contribution is -2.16. The maximum Gasteiger partial charge on any atom is 0.250 e. The number of amides is 1. The second-order valence-corrected chi connectivity index (χ2v) is 7.09. The van der Waals surface area contributed by atoms with Crippen molar-refractivity contribution >= 4 is 17.4 Å². The van der Waals surface area contributed by atoms with Crippen LogP contribution in [0.1, 0.15) is 50.4 Å². The number of rotatable bonds is 5. The molecule has 0 unspecified atom stereocenters. The molecule has 28 heavy (non-hydrogen) atoms. The van der Waals surface area contributed by atoms with E-state index >= 15 is 0 Å². The number of nitrogens with one attached hydrogen (secondary N) is 1. The summed E-state index contributed by atoms with van der Waals surface area (Å²) in [6.45, 7) is 2.50. The van der Waals surface area contributed by atoms with Crippen molar-refractivity contribution in [3.63, 3.8) is 0 Å². The van der Waals surface area contributed by atoms with Crippen LogP contribution in [-0.2, 0) is 13.0 Å². The smallest absolute Gasteiger partial charge is 0.250 e. The van der Waals surface area contributed by atoms with Crippen molar-refractivity contribution in [3.05, 3.63) is 76.9 Å². The summed E-state index contributed by atoms with van der Waals surface area (Å²) in [5.41, 5.74) is 11.4. The number of aryl methyl sites for hydroxylation is 1. The Morgan fingerprint density at radius 3 is 2.89 bits per heavy atom. The Morgan fingerprint density at radius 1 is 1.29 bits per heavy atom. The van der Waals surface area contributed by atoms with Crippen LogP contribution in [0.25, 0.3) is 5.69 Å². The Hall–Kier alpha value is -3.41. The molecule has 142 valence electrons. The average Bonchev–Trinajstić information content (AvgIpc) is 3.05. The van der Waals surface area contributed by atoms with Crippen LogP contribution in [0, 0.1) is 6.92 Å². The third-order valence-electron chi connectivity index (χ3n) is 5.15. The standard InChI is InChI=1S/C22H22N4O2/c1-14-13-26(19-5-2-6-20(27)21(14)19)16-7-8-17(22(23)28)18(10-16)25-12-15-4-3-9-24-11-15/h3-4,7-11,13,25H,2,5-6,12H2,1H3,(H2,23,28). The van der Waals surface area contributed by atoms with Gasteiger partial charge in [-0.05, 0) is 55.2 Å². The monoisotopic (exact) mass is 374 g/mol. The fourth-order valence-corrected chi connectivity index (χ4v) is 3.83. The number of ketones is 1. The molecule has 6 nitrogen and oxygen atoms in total. The molecule has 0 radical (unpaired) electrons. The number of benzene rings is 1. The van der Waals surface area contributed by atoms with Gasteiger partial charge in [-0.2, -0.15) is 0 Å². The number of hydrogen-bond donors (Lipinski definition) is 2. The highest BCUT2D eigenvalue weighted by Gasteiger charge is 2.24. The van der Waals surface area contributed by atoms with Crippen LogP contribution < -0.4 is 11.1 Å². The van der Waals surface area contributed by atoms with Crippen LogP contribution >= 0.6 is 0 Å². The zero-order valence-corrected chi connectivity index (χ0v) is 15.7. The number of hydrogen-bond acceptors (Lipinski definition) is 4. The number of carbonyl (C=O) groups excluding carboxylic acids is 2. The molecule has 3 aromatic rings. The van der Waals surface area contributed by atoms with E-state index in [0.717, 1.165) is 40.9 Å². The summed E-state index contributed by atoms with van der Waals surface area (Å²) in [6.07, 6.45) is 7.83. The Kier molecular flexibility index (Phi) is 4.69. The summed E-state index contributed by atoms with van der Waals surface area (Å²) in [6, 6.07) is 9.35. The van der Waals surface area contributed by atoms with Gasteiger partial charge in [-0.1, -0.05) is 6.07 Å². The summed E-state index contributed by atoms with van der Waals surface area (Å²) in [5.74, 6) is -0.276. The fraction of sp³-hybridized carbons (Fsp3) is 0.227. The molecule has 0 fully saturated rings. The van der Waals surface area contributed by atoms with Crippen molar-refractivity contribution in [1.82, 2.24) is 9.55 Å². The highest BCUT2D eigenvalue weighted by molar-refractivity contribution is 6.00. The molecule has 0 aliphatic heterocycles. The molecule has 2 aromatic heterocycles. The van der Waals surface area contributed by atoms with E-state index in [4.69, 9.17) is 5.73 Å². The van der Waals surface area contributed by atoms with Gasteiger partial charge in [0.1, 0.15) is 0 Å². The Bertz CT molecular complexity index is 1050. The quantitative estimate of drug-likeness (QED) is 0.716. The third-order valence-corrected chi connectivity index (χ3v) is 5.15. The van der Waals surface area contributed by atoms with Gasteiger partial charge in [0.05, 0.1) is 5.56 Å². The molecular formula is C22H22N4O2. The maximum absolute atomic E-state index is 12.3. The third kappa shape index (κ3) is 3.29. The topological polar surface area (TPSA) is 90.0 Å². The minimum absolute atomic E-state index is 0.209. The predicted molar refractivity (Wildman–Crippen MR) is 108 cm³/mol. The Labute approximate surface area is 163 Å². The van der Waals surface area contributed by atoms with Gasteiger partial charge in [0.25, 0.3) is 5.91 Å². The van der Waals surface area contributed by atoms with Crippen molar-refractivity contribution in [3.8, 4) is 5.69 Å². The number of pyridine rings is 1. The molecule has 4 rings (SSSR count). The van der Waals surface area contributed by atoms with E-state index < -0.39 is 5.91 Å². The summed E-state index contributed by atoms with van der Waals surface area (Å²) >= 11 is 0. The van der Waals surface area contributed by atoms with Crippen LogP contribution in [-0.4, -0.2) is 21.2 Å². The molecule has 1 amide bonds. The van der Waals surface area contributed by atoms with Gasteiger partial charge < -0.3 is 15.6 Å². The van der Waals surface area contributed by atoms with Crippen LogP contribution in [0.15, 0.2) is 48.9 Å². The van der Waals surface area contributed by atoms with E-state index in [1.165, 1.54) is 0 Å². The number of fused-ring (bicyclic) bond motifs is 1. The first-order chi connectivity index (χ1) is 13.5. The lowest BCUT2D eigenvalue weighted by atomic mass is 9.94. The van der Waals surface area contributed by atoms with E-state index in [-0.39, 0.29) is 5.78 Å². The van der Waals surface area contributed by atoms with Gasteiger partial charge in [-0.15, -0.1) is 0 Å². The number of nitrogens with zero attached hydrogens (tertiary/aromatic N) is 2. The molecule has 3 N–H and O–H groups in total. The van der Waals surface area contributed by atoms with Gasteiger partial charge in [0.15, 0.2) is 5.78 Å². The van der Waals surface area contributed by atoms with Crippen molar-refractivity contribution in [1.29, 1.82) is 0 Å². The van der Waals surface area contributed by atoms with Crippen LogP contribution in [0.3, 0.4) is 0 Å². The minimum atomic E-state index is -0.485. The van der Waals surface area contributed by atoms with E-state index in [9.17, 15) is 9.59 Å². The number of Topliss-reactive ketones (excluding diaryl/α,β-unsaturated/α-hetero) is 1. The van der Waals surface area contributed by atoms with Crippen LogP contribution in [0.4, 0.5) is 5.69 Å². The number of carbonyl (C=O) groups is 2. The van der Waals surface area contributed by atoms with Crippen LogP contribution in [0.2, 0.25) is 0 Å². The molecule has 1 aromatic carbocycles. The number of primary amides is 1. The first-order valence-corrected chi connectivity index (χ1v) is 9.35. The zero-order valence-electron chi connectivity index (χ0n) is 15.7. The second kappa shape index (κ2) is 7.31. The molecule has 2 heterocycles. The van der Waals surface area contributed by atoms with Crippen molar-refractivity contribution in [2.24, 2.45) is 5.73 Å². The van der Waals surface area contributed by atoms with E-state index in [0.29, 0.717) is 24.2 Å². The van der Waals surface area contributed by atoms with Gasteiger partial charge in [0, 0.05) is 54.2 Å². The van der Waals surface area contributed by atoms with E-state index in [1.807, 2.05) is 37.4 Å². The largest absolute Gasteiger partial charge is 0.380 e. The van der Waals surface area contributed by atoms with Crippen molar-refractivity contribution in [2.45, 2.75) is 32.7 Å². The molecule has 1 aliphatic rings. The van der Waals surface area contributed by atoms with Gasteiger partial charge in [-0.3, -0.25) is 14.6 Å². The predicted octanol–water partition coefficient (Wildman–Crippen LogP) is 3.41. The lowest BCUT2D eigenvalue weighted by Gasteiger charge is -2.17. The highest BCUT2D eigenvalue weighted by atomic mass is 16.1. The van der Waals surface area contributed by atoms with Gasteiger partial charge >= 0.3 is 0 Å². The summed E-state index contributed by atoms with van der Waals surface area (Å²) in [5, 5.41) is 3.30. The SMILES string of the molecule is Cc1cn(-c2ccc(C(N)=O)c(NCc3cccnc3)c2)c2c1C(=O)CCC2. The Morgan fingerprint density at radius 2 is 2.14 bits per heavy atom. The molecule has 0 atom stereocenters. The first kappa shape index (κ1) is 18.0. The lowest BCUT2D eigenvalue weighted by molar-refractivity contribution is 0.0969. The average molecular weight is 374 g/mol. The normalized spacial score (nSPS) is 13.2. The number of anilines is 1. The van der Waals surface area contributed by atoms with Crippen molar-refractivity contribution in [2.75, 3.05) is 5.32 Å². The molecule has 6 heteroatoms. The summed E-state index contributed by atoms with van der Waals surface area (Å²) in [4.78, 5) is 28.3. The Balaban J connectivity index is 1.72. The molecule has 0 bridgehead atoms. The van der Waals surface area contributed by atoms with E-state index in [1.54, 1.807) is 18.5 Å². The molecule has 1 aliphatic carbocycles. The number of aromatic nitrogens is 2. The highest BCUT2D eigenvalue weighted by Crippen LogP contribution is 2.30. The summed E-state index contributed by atoms with van der Waals surface area (Å²) in [7, 11) is 0. The molecular weight excluding hydrogens is 352 g/mol. The summed E-state index contributed by atoms with van der Waals surface area (Å²) < 4.78 is 2.06. The van der Waals surface area contributed by atoms with Gasteiger partial charge in [-0.25, -0.2) is 0 Å². The molecule has 0 saturated heterocycles.